The summed E-state index contributed by atoms with van der Waals surface area (Å²) in [6.07, 6.45) is 0. The van der Waals surface area contributed by atoms with Crippen molar-refractivity contribution in [1.29, 1.82) is 0 Å². The van der Waals surface area contributed by atoms with Crippen LogP contribution in [-0.4, -0.2) is 4.57 Å². The standard InChI is InChI=1S/C38H23NO2/c1-2-8-28(9-3-1)39-33-12-6-4-11-30(33)38-37(39)32-23-27(19-21-36(32)41-38)25-16-14-24(15-17-25)26-18-20-35-31(22-26)29-10-5-7-13-34(29)40-35/h1-23H. The smallest absolute Gasteiger partial charge is 0.161 e. The number of hydrogen-bond donors (Lipinski definition) is 0. The van der Waals surface area contributed by atoms with E-state index in [1.807, 2.05) is 12.1 Å². The monoisotopic (exact) mass is 525 g/mol. The lowest BCUT2D eigenvalue weighted by atomic mass is 9.98. The molecule has 0 bridgehead atoms. The maximum Gasteiger partial charge on any atom is 0.161 e. The van der Waals surface area contributed by atoms with Gasteiger partial charge in [-0.05, 0) is 76.9 Å². The number of nitrogens with zero attached hydrogens (tertiary/aromatic N) is 1. The van der Waals surface area contributed by atoms with Crippen molar-refractivity contribution in [2.75, 3.05) is 0 Å². The predicted octanol–water partition coefficient (Wildman–Crippen LogP) is 10.8. The summed E-state index contributed by atoms with van der Waals surface area (Å²) in [7, 11) is 0. The summed E-state index contributed by atoms with van der Waals surface area (Å²) >= 11 is 0. The van der Waals surface area contributed by atoms with Gasteiger partial charge in [0.1, 0.15) is 22.3 Å². The second-order valence-electron chi connectivity index (χ2n) is 10.6. The molecule has 9 aromatic rings. The summed E-state index contributed by atoms with van der Waals surface area (Å²) in [5.41, 5.74) is 11.7. The van der Waals surface area contributed by atoms with Gasteiger partial charge < -0.3 is 13.4 Å². The van der Waals surface area contributed by atoms with E-state index in [9.17, 15) is 0 Å². The van der Waals surface area contributed by atoms with E-state index >= 15 is 0 Å². The van der Waals surface area contributed by atoms with Crippen LogP contribution in [0.2, 0.25) is 0 Å². The van der Waals surface area contributed by atoms with E-state index in [1.165, 1.54) is 16.7 Å². The lowest BCUT2D eigenvalue weighted by molar-refractivity contribution is 0.669. The number of furan rings is 2. The zero-order chi connectivity index (χ0) is 26.9. The van der Waals surface area contributed by atoms with E-state index in [0.29, 0.717) is 0 Å². The van der Waals surface area contributed by atoms with Gasteiger partial charge in [-0.25, -0.2) is 0 Å². The Morgan fingerprint density at radius 3 is 1.71 bits per heavy atom. The van der Waals surface area contributed by atoms with Gasteiger partial charge in [0.05, 0.1) is 5.52 Å². The number of aromatic nitrogens is 1. The molecule has 0 aliphatic heterocycles. The third-order valence-electron chi connectivity index (χ3n) is 8.22. The van der Waals surface area contributed by atoms with Gasteiger partial charge in [0.2, 0.25) is 0 Å². The van der Waals surface area contributed by atoms with Crippen molar-refractivity contribution in [3.05, 3.63) is 140 Å². The third-order valence-corrected chi connectivity index (χ3v) is 8.22. The largest absolute Gasteiger partial charge is 0.456 e. The molecular formula is C38H23NO2. The van der Waals surface area contributed by atoms with Gasteiger partial charge in [-0.15, -0.1) is 0 Å². The zero-order valence-electron chi connectivity index (χ0n) is 22.0. The summed E-state index contributed by atoms with van der Waals surface area (Å²) in [6.45, 7) is 0. The van der Waals surface area contributed by atoms with Gasteiger partial charge in [-0.2, -0.15) is 0 Å². The summed E-state index contributed by atoms with van der Waals surface area (Å²) in [5.74, 6) is 0. The second kappa shape index (κ2) is 8.48. The maximum absolute atomic E-state index is 6.47. The Bertz CT molecular complexity index is 2400. The molecular weight excluding hydrogens is 502 g/mol. The molecule has 0 aliphatic rings. The Morgan fingerprint density at radius 2 is 0.951 bits per heavy atom. The van der Waals surface area contributed by atoms with Gasteiger partial charge in [-0.1, -0.05) is 84.9 Å². The van der Waals surface area contributed by atoms with Gasteiger partial charge >= 0.3 is 0 Å². The molecule has 9 rings (SSSR count). The number of para-hydroxylation sites is 3. The molecule has 0 radical (unpaired) electrons. The first-order chi connectivity index (χ1) is 20.3. The van der Waals surface area contributed by atoms with Crippen molar-refractivity contribution in [2.24, 2.45) is 0 Å². The van der Waals surface area contributed by atoms with Crippen molar-refractivity contribution in [3.63, 3.8) is 0 Å². The number of rotatable bonds is 3. The van der Waals surface area contributed by atoms with Crippen LogP contribution in [0.25, 0.3) is 82.9 Å². The third kappa shape index (κ3) is 3.33. The van der Waals surface area contributed by atoms with Crippen molar-refractivity contribution >= 4 is 54.9 Å². The van der Waals surface area contributed by atoms with E-state index in [0.717, 1.165) is 66.2 Å². The van der Waals surface area contributed by atoms with E-state index in [4.69, 9.17) is 8.83 Å². The topological polar surface area (TPSA) is 31.2 Å². The quantitative estimate of drug-likeness (QED) is 0.230. The predicted molar refractivity (Wildman–Crippen MR) is 169 cm³/mol. The highest BCUT2D eigenvalue weighted by Gasteiger charge is 2.19. The Morgan fingerprint density at radius 1 is 0.390 bits per heavy atom. The first-order valence-corrected chi connectivity index (χ1v) is 13.9. The van der Waals surface area contributed by atoms with E-state index in [-0.39, 0.29) is 0 Å². The lowest BCUT2D eigenvalue weighted by Crippen LogP contribution is -1.92. The van der Waals surface area contributed by atoms with E-state index in [2.05, 4.69) is 132 Å². The van der Waals surface area contributed by atoms with Gasteiger partial charge in [0.25, 0.3) is 0 Å². The molecule has 3 aromatic heterocycles. The van der Waals surface area contributed by atoms with Crippen LogP contribution in [0.1, 0.15) is 0 Å². The summed E-state index contributed by atoms with van der Waals surface area (Å²) < 4.78 is 14.8. The second-order valence-corrected chi connectivity index (χ2v) is 10.6. The SMILES string of the molecule is c1ccc(-n2c3ccccc3c3oc4ccc(-c5ccc(-c6ccc7oc8ccccc8c7c6)cc5)cc4c32)cc1. The van der Waals surface area contributed by atoms with Crippen molar-refractivity contribution in [3.8, 4) is 27.9 Å². The van der Waals surface area contributed by atoms with Crippen molar-refractivity contribution in [1.82, 2.24) is 4.57 Å². The van der Waals surface area contributed by atoms with Crippen LogP contribution in [-0.2, 0) is 0 Å². The summed E-state index contributed by atoms with van der Waals surface area (Å²) in [4.78, 5) is 0. The Labute approximate surface area is 235 Å². The van der Waals surface area contributed by atoms with Gasteiger partial charge in [-0.3, -0.25) is 0 Å². The summed E-state index contributed by atoms with van der Waals surface area (Å²) in [6, 6.07) is 49.0. The molecule has 3 heteroatoms. The van der Waals surface area contributed by atoms with Gasteiger partial charge in [0.15, 0.2) is 5.58 Å². The lowest BCUT2D eigenvalue weighted by Gasteiger charge is -2.08. The van der Waals surface area contributed by atoms with Crippen molar-refractivity contribution < 1.29 is 8.83 Å². The zero-order valence-corrected chi connectivity index (χ0v) is 22.0. The average molecular weight is 526 g/mol. The molecule has 0 saturated heterocycles. The maximum atomic E-state index is 6.47. The van der Waals surface area contributed by atoms with Gasteiger partial charge in [0, 0.05) is 27.2 Å². The molecule has 3 heterocycles. The van der Waals surface area contributed by atoms with Crippen LogP contribution < -0.4 is 0 Å². The molecule has 192 valence electrons. The molecule has 0 saturated carbocycles. The van der Waals surface area contributed by atoms with Crippen LogP contribution >= 0.6 is 0 Å². The minimum atomic E-state index is 0.895. The number of hydrogen-bond acceptors (Lipinski definition) is 2. The van der Waals surface area contributed by atoms with Crippen LogP contribution in [0.3, 0.4) is 0 Å². The molecule has 0 N–H and O–H groups in total. The average Bonchev–Trinajstić information content (AvgIpc) is 3.70. The molecule has 0 fully saturated rings. The molecule has 0 spiro atoms. The number of benzene rings is 6. The first kappa shape index (κ1) is 22.3. The van der Waals surface area contributed by atoms with Crippen LogP contribution in [0.4, 0.5) is 0 Å². The minimum absolute atomic E-state index is 0.895. The Balaban J connectivity index is 1.17. The van der Waals surface area contributed by atoms with Crippen molar-refractivity contribution in [2.45, 2.75) is 0 Å². The van der Waals surface area contributed by atoms with Crippen LogP contribution in [0.5, 0.6) is 0 Å². The fourth-order valence-corrected chi connectivity index (χ4v) is 6.26. The fourth-order valence-electron chi connectivity index (χ4n) is 6.26. The Hall–Kier alpha value is -5.54. The van der Waals surface area contributed by atoms with E-state index in [1.54, 1.807) is 0 Å². The highest BCUT2D eigenvalue weighted by atomic mass is 16.3. The van der Waals surface area contributed by atoms with E-state index < -0.39 is 0 Å². The molecule has 41 heavy (non-hydrogen) atoms. The minimum Gasteiger partial charge on any atom is -0.456 e. The molecule has 3 nitrogen and oxygen atoms in total. The van der Waals surface area contributed by atoms with Crippen LogP contribution in [0.15, 0.2) is 148 Å². The first-order valence-electron chi connectivity index (χ1n) is 13.9. The highest BCUT2D eigenvalue weighted by molar-refractivity contribution is 6.17. The van der Waals surface area contributed by atoms with Crippen LogP contribution in [0, 0.1) is 0 Å². The molecule has 0 amide bonds. The molecule has 0 aliphatic carbocycles. The summed E-state index contributed by atoms with van der Waals surface area (Å²) in [5, 5.41) is 4.52. The highest BCUT2D eigenvalue weighted by Crippen LogP contribution is 2.40. The normalized spacial score (nSPS) is 11.9. The Kier molecular flexibility index (Phi) is 4.61. The molecule has 6 aromatic carbocycles. The number of fused-ring (bicyclic) bond motifs is 8. The fraction of sp³-hybridized carbons (Fsp3) is 0. The molecule has 0 unspecified atom stereocenters. The molecule has 0 atom stereocenters.